The molecule has 0 unspecified atom stereocenters. The lowest BCUT2D eigenvalue weighted by Crippen LogP contribution is -1.83. The zero-order chi connectivity index (χ0) is 9.19. The third kappa shape index (κ3) is 1.79. The quantitative estimate of drug-likeness (QED) is 0.660. The summed E-state index contributed by atoms with van der Waals surface area (Å²) in [6.45, 7) is -1.94. The molecule has 0 aliphatic carbocycles. The van der Waals surface area contributed by atoms with Crippen molar-refractivity contribution in [1.29, 1.82) is 0 Å². The van der Waals surface area contributed by atoms with Gasteiger partial charge in [0.15, 0.2) is 0 Å². The summed E-state index contributed by atoms with van der Waals surface area (Å²) in [7, 11) is 0. The van der Waals surface area contributed by atoms with Crippen LogP contribution in [0.25, 0.3) is 0 Å². The van der Waals surface area contributed by atoms with Crippen LogP contribution in [0, 0.1) is 0 Å². The number of pyridine rings is 1. The number of aryl methyl sites for hydroxylation is 1. The smallest absolute Gasteiger partial charge is 0.0412 e. The number of hydrogen-bond acceptors (Lipinski definition) is 1. The molecule has 0 aromatic carbocycles. The Hall–Kier alpha value is -0.370. The van der Waals surface area contributed by atoms with Crippen molar-refractivity contribution in [2.45, 2.75) is 13.3 Å². The van der Waals surface area contributed by atoms with Gasteiger partial charge in [-0.1, -0.05) is 22.8 Å². The molecule has 1 heterocycles. The Morgan fingerprint density at radius 2 is 2.78 bits per heavy atom. The molecule has 0 bridgehead atoms. The minimum Gasteiger partial charge on any atom is -0.261 e. The molecule has 0 saturated heterocycles. The number of hydrogen-bond donors (Lipinski definition) is 0. The second-order valence-electron chi connectivity index (χ2n) is 1.64. The van der Waals surface area contributed by atoms with Crippen LogP contribution in [0.4, 0.5) is 0 Å². The van der Waals surface area contributed by atoms with E-state index in [1.165, 1.54) is 0 Å². The lowest BCUT2D eigenvalue weighted by Gasteiger charge is -1.93. The van der Waals surface area contributed by atoms with Gasteiger partial charge in [-0.15, -0.1) is 0 Å². The third-order valence-corrected chi connectivity index (χ3v) is 1.45. The second-order valence-corrected chi connectivity index (χ2v) is 2.56. The van der Waals surface area contributed by atoms with E-state index in [9.17, 15) is 0 Å². The van der Waals surface area contributed by atoms with Crippen molar-refractivity contribution in [3.8, 4) is 0 Å². The van der Waals surface area contributed by atoms with Crippen LogP contribution in [-0.4, -0.2) is 4.98 Å². The number of rotatable bonds is 1. The molecule has 0 fully saturated rings. The maximum absolute atomic E-state index is 7.02. The molecule has 48 valence electrons. The predicted octanol–water partition coefficient (Wildman–Crippen LogP) is 2.41. The Morgan fingerprint density at radius 1 is 1.89 bits per heavy atom. The average Bonchev–Trinajstić information content (AvgIpc) is 1.82. The van der Waals surface area contributed by atoms with Gasteiger partial charge in [0.1, 0.15) is 0 Å². The molecule has 0 atom stereocenters. The molecule has 0 N–H and O–H groups in total. The highest BCUT2D eigenvalue weighted by Gasteiger charge is 1.88. The summed E-state index contributed by atoms with van der Waals surface area (Å²) in [5.41, 5.74) is 0.587. The minimum absolute atomic E-state index is 0.0203. The van der Waals surface area contributed by atoms with E-state index >= 15 is 0 Å². The maximum Gasteiger partial charge on any atom is 0.0412 e. The molecule has 1 nitrogen and oxygen atoms in total. The van der Waals surface area contributed by atoms with Gasteiger partial charge in [-0.3, -0.25) is 4.98 Å². The molecule has 0 amide bonds. The van der Waals surface area contributed by atoms with Gasteiger partial charge in [0.25, 0.3) is 0 Å². The van der Waals surface area contributed by atoms with E-state index in [2.05, 4.69) is 20.9 Å². The van der Waals surface area contributed by atoms with E-state index < -0.39 is 6.85 Å². The topological polar surface area (TPSA) is 12.9 Å². The van der Waals surface area contributed by atoms with Crippen molar-refractivity contribution < 1.29 is 4.11 Å². The van der Waals surface area contributed by atoms with Crippen molar-refractivity contribution in [2.24, 2.45) is 0 Å². The molecule has 1 aromatic heterocycles. The van der Waals surface area contributed by atoms with Crippen molar-refractivity contribution in [2.75, 3.05) is 0 Å². The van der Waals surface area contributed by atoms with Crippen LogP contribution in [0.15, 0.2) is 22.8 Å². The first-order valence-corrected chi connectivity index (χ1v) is 3.37. The Morgan fingerprint density at radius 3 is 3.44 bits per heavy atom. The summed E-state index contributed by atoms with van der Waals surface area (Å²) in [5.74, 6) is 0. The highest BCUT2D eigenvalue weighted by molar-refractivity contribution is 9.10. The molecule has 0 spiro atoms. The predicted molar refractivity (Wildman–Crippen MR) is 41.3 cm³/mol. The third-order valence-electron chi connectivity index (χ3n) is 0.960. The van der Waals surface area contributed by atoms with Gasteiger partial charge in [-0.05, 0) is 18.6 Å². The van der Waals surface area contributed by atoms with Crippen LogP contribution in [-0.2, 0) is 6.42 Å². The van der Waals surface area contributed by atoms with Gasteiger partial charge in [0.05, 0.1) is 0 Å². The minimum atomic E-state index is -1.94. The highest BCUT2D eigenvalue weighted by atomic mass is 79.9. The monoisotopic (exact) mass is 188 g/mol. The standard InChI is InChI=1S/C7H8BrN/c1-2-7-5-6(8)3-4-9-7/h3-5H,2H2,1H3/i1D3. The van der Waals surface area contributed by atoms with Crippen LogP contribution in [0.2, 0.25) is 0 Å². The van der Waals surface area contributed by atoms with E-state index in [0.717, 1.165) is 4.47 Å². The van der Waals surface area contributed by atoms with E-state index in [1.54, 1.807) is 18.3 Å². The Bertz CT molecular complexity index is 272. The molecular formula is C7H8BrN. The molecule has 1 aromatic rings. The van der Waals surface area contributed by atoms with Gasteiger partial charge < -0.3 is 0 Å². The zero-order valence-electron chi connectivity index (χ0n) is 7.76. The first kappa shape index (κ1) is 3.71. The molecule has 2 heteroatoms. The zero-order valence-corrected chi connectivity index (χ0v) is 6.35. The normalized spacial score (nSPS) is 15.9. The number of aromatic nitrogens is 1. The summed E-state index contributed by atoms with van der Waals surface area (Å²) in [4.78, 5) is 3.93. The molecular weight excluding hydrogens is 178 g/mol. The molecule has 0 aliphatic heterocycles. The first-order valence-electron chi connectivity index (χ1n) is 4.08. The average molecular weight is 189 g/mol. The summed E-state index contributed by atoms with van der Waals surface area (Å²) in [6, 6.07) is 3.48. The van der Waals surface area contributed by atoms with Gasteiger partial charge in [-0.25, -0.2) is 0 Å². The summed E-state index contributed by atoms with van der Waals surface area (Å²) in [6.07, 6.45) is 1.61. The van der Waals surface area contributed by atoms with Gasteiger partial charge in [-0.2, -0.15) is 0 Å². The Kier molecular flexibility index (Phi) is 1.23. The number of nitrogens with zero attached hydrogens (tertiary/aromatic N) is 1. The Labute approximate surface area is 67.5 Å². The molecule has 0 radical (unpaired) electrons. The lowest BCUT2D eigenvalue weighted by atomic mass is 10.3. The van der Waals surface area contributed by atoms with Gasteiger partial charge in [0.2, 0.25) is 0 Å². The maximum atomic E-state index is 7.02. The van der Waals surface area contributed by atoms with Gasteiger partial charge in [0, 0.05) is 20.5 Å². The van der Waals surface area contributed by atoms with Crippen molar-refractivity contribution in [1.82, 2.24) is 4.98 Å². The SMILES string of the molecule is [2H]C([2H])([2H])Cc1cc(Br)ccn1. The fraction of sp³-hybridized carbons (Fsp3) is 0.286. The molecule has 0 saturated carbocycles. The molecule has 1 rings (SSSR count). The van der Waals surface area contributed by atoms with Crippen molar-refractivity contribution in [3.05, 3.63) is 28.5 Å². The van der Waals surface area contributed by atoms with Crippen LogP contribution in [0.3, 0.4) is 0 Å². The Balaban J connectivity index is 2.77. The summed E-state index contributed by atoms with van der Waals surface area (Å²) >= 11 is 3.25. The molecule has 9 heavy (non-hydrogen) atoms. The van der Waals surface area contributed by atoms with Crippen LogP contribution in [0.5, 0.6) is 0 Å². The fourth-order valence-corrected chi connectivity index (χ4v) is 0.928. The van der Waals surface area contributed by atoms with Crippen LogP contribution in [0.1, 0.15) is 16.7 Å². The van der Waals surface area contributed by atoms with E-state index in [1.807, 2.05) is 0 Å². The fourth-order valence-electron chi connectivity index (χ4n) is 0.545. The van der Waals surface area contributed by atoms with E-state index in [-0.39, 0.29) is 6.42 Å². The van der Waals surface area contributed by atoms with Crippen molar-refractivity contribution >= 4 is 15.9 Å². The summed E-state index contributed by atoms with van der Waals surface area (Å²) < 4.78 is 21.9. The summed E-state index contributed by atoms with van der Waals surface area (Å²) in [5, 5.41) is 0. The lowest BCUT2D eigenvalue weighted by molar-refractivity contribution is 1.03. The van der Waals surface area contributed by atoms with Crippen molar-refractivity contribution in [3.63, 3.8) is 0 Å². The van der Waals surface area contributed by atoms with Crippen LogP contribution >= 0.6 is 15.9 Å². The first-order chi connectivity index (χ1) is 5.47. The largest absolute Gasteiger partial charge is 0.261 e. The highest BCUT2D eigenvalue weighted by Crippen LogP contribution is 2.08. The van der Waals surface area contributed by atoms with Gasteiger partial charge >= 0.3 is 0 Å². The van der Waals surface area contributed by atoms with Crippen LogP contribution < -0.4 is 0 Å². The second kappa shape index (κ2) is 2.97. The molecule has 0 aliphatic rings. The van der Waals surface area contributed by atoms with E-state index in [0.29, 0.717) is 5.69 Å². The number of halogens is 1. The van der Waals surface area contributed by atoms with E-state index in [4.69, 9.17) is 4.11 Å².